The fourth-order valence-electron chi connectivity index (χ4n) is 5.45. The summed E-state index contributed by atoms with van der Waals surface area (Å²) < 4.78 is 56.5. The van der Waals surface area contributed by atoms with Crippen LogP contribution in [0.25, 0.3) is 11.0 Å². The van der Waals surface area contributed by atoms with Gasteiger partial charge in [-0.2, -0.15) is 13.2 Å². The van der Waals surface area contributed by atoms with Gasteiger partial charge in [0.25, 0.3) is 0 Å². The van der Waals surface area contributed by atoms with Crippen LogP contribution in [-0.2, 0) is 20.6 Å². The molecule has 0 radical (unpaired) electrons. The molecule has 0 N–H and O–H groups in total. The molecule has 12 heteroatoms. The number of alkyl halides is 3. The largest absolute Gasteiger partial charge is 0.483 e. The first-order valence-electron chi connectivity index (χ1n) is 14.8. The highest BCUT2D eigenvalue weighted by atomic mass is 35.5. The molecule has 1 fully saturated rings. The number of hydrogen-bond donors (Lipinski definition) is 0. The molecule has 48 heavy (non-hydrogen) atoms. The molecule has 8 nitrogen and oxygen atoms in total. The fourth-order valence-corrected chi connectivity index (χ4v) is 5.62. The molecule has 4 aromatic carbocycles. The Balaban J connectivity index is 1.06. The van der Waals surface area contributed by atoms with Crippen molar-refractivity contribution in [3.8, 4) is 28.9 Å². The van der Waals surface area contributed by atoms with Crippen LogP contribution >= 0.6 is 11.6 Å². The molecule has 0 spiro atoms. The van der Waals surface area contributed by atoms with Crippen LogP contribution in [0.15, 0.2) is 97.2 Å². The number of ketones is 3. The summed E-state index contributed by atoms with van der Waals surface area (Å²) >= 11 is 5.99. The Labute approximate surface area is 277 Å². The third-order valence-electron chi connectivity index (χ3n) is 7.79. The number of halogens is 4. The van der Waals surface area contributed by atoms with Crippen LogP contribution in [0.4, 0.5) is 13.2 Å². The minimum Gasteiger partial charge on any atom is -0.483 e. The Bertz CT molecular complexity index is 2000. The standard InChI is InChI=1S/C36H26ClF3N2O6/c1-20(46-25-9-11-26(12-10-25)48-33-19-41-30-18-24(37)8-13-29(30)42-33)35(45)34-31(43)15-22(16-32(34)44)21-4-2-6-27(14-21)47-28-7-3-5-23(17-28)36(38,39)40/h2-14,17-20,22,34H,15-16H2,1H3. The Morgan fingerprint density at radius 3 is 2.19 bits per heavy atom. The van der Waals surface area contributed by atoms with Gasteiger partial charge in [-0.15, -0.1) is 0 Å². The van der Waals surface area contributed by atoms with Gasteiger partial charge in [-0.1, -0.05) is 29.8 Å². The van der Waals surface area contributed by atoms with Crippen molar-refractivity contribution < 1.29 is 41.8 Å². The van der Waals surface area contributed by atoms with E-state index in [1.54, 1.807) is 66.7 Å². The zero-order chi connectivity index (χ0) is 34.0. The Morgan fingerprint density at radius 1 is 0.812 bits per heavy atom. The third kappa shape index (κ3) is 7.47. The first-order valence-corrected chi connectivity index (χ1v) is 15.2. The van der Waals surface area contributed by atoms with Gasteiger partial charge in [0.15, 0.2) is 23.5 Å². The molecule has 1 aromatic heterocycles. The number of hydrogen-bond acceptors (Lipinski definition) is 8. The summed E-state index contributed by atoms with van der Waals surface area (Å²) in [5.41, 5.74) is 0.981. The Kier molecular flexibility index (Phi) is 9.14. The second-order valence-corrected chi connectivity index (χ2v) is 11.7. The number of carbonyl (C=O) groups is 3. The number of benzene rings is 4. The summed E-state index contributed by atoms with van der Waals surface area (Å²) in [6, 6.07) is 22.5. The highest BCUT2D eigenvalue weighted by molar-refractivity contribution is 6.31. The molecule has 0 saturated heterocycles. The summed E-state index contributed by atoms with van der Waals surface area (Å²) in [6.45, 7) is 1.48. The number of Topliss-reactive ketones (excluding diaryl/α,β-unsaturated/α-hetero) is 3. The van der Waals surface area contributed by atoms with Gasteiger partial charge >= 0.3 is 6.18 Å². The minimum absolute atomic E-state index is 0.00934. The number of nitrogens with zero attached hydrogens (tertiary/aromatic N) is 2. The molecule has 1 aliphatic carbocycles. The van der Waals surface area contributed by atoms with E-state index < -0.39 is 47.0 Å². The molecule has 1 atom stereocenters. The molecular formula is C36H26ClF3N2O6. The number of aromatic nitrogens is 2. The van der Waals surface area contributed by atoms with Crippen LogP contribution in [-0.4, -0.2) is 33.4 Å². The highest BCUT2D eigenvalue weighted by Gasteiger charge is 2.42. The van der Waals surface area contributed by atoms with Crippen molar-refractivity contribution in [2.45, 2.75) is 38.0 Å². The summed E-state index contributed by atoms with van der Waals surface area (Å²) in [5.74, 6) is -2.39. The SMILES string of the molecule is CC(Oc1ccc(Oc2cnc3cc(Cl)ccc3n2)cc1)C(=O)C1C(=O)CC(c2cccc(Oc3cccc(C(F)(F)F)c3)c2)CC1=O. The summed E-state index contributed by atoms with van der Waals surface area (Å²) in [5, 5.41) is 0.546. The monoisotopic (exact) mass is 674 g/mol. The lowest BCUT2D eigenvalue weighted by atomic mass is 9.74. The topological polar surface area (TPSA) is 105 Å². The summed E-state index contributed by atoms with van der Waals surface area (Å²) in [6.07, 6.45) is -4.28. The fraction of sp³-hybridized carbons (Fsp3) is 0.194. The van der Waals surface area contributed by atoms with Crippen LogP contribution < -0.4 is 14.2 Å². The molecule has 0 bridgehead atoms. The van der Waals surface area contributed by atoms with Gasteiger partial charge < -0.3 is 14.2 Å². The number of fused-ring (bicyclic) bond motifs is 1. The van der Waals surface area contributed by atoms with E-state index in [4.69, 9.17) is 25.8 Å². The molecule has 1 saturated carbocycles. The quantitative estimate of drug-likeness (QED) is 0.143. The molecule has 0 aliphatic heterocycles. The molecule has 1 unspecified atom stereocenters. The van der Waals surface area contributed by atoms with E-state index in [1.807, 2.05) is 0 Å². The molecule has 6 rings (SSSR count). The summed E-state index contributed by atoms with van der Waals surface area (Å²) in [4.78, 5) is 48.2. The maximum atomic E-state index is 13.2. The molecule has 244 valence electrons. The average Bonchev–Trinajstić information content (AvgIpc) is 3.05. The maximum absolute atomic E-state index is 13.2. The molecule has 0 amide bonds. The lowest BCUT2D eigenvalue weighted by Crippen LogP contribution is -2.43. The Hall–Kier alpha value is -5.29. The van der Waals surface area contributed by atoms with Crippen molar-refractivity contribution in [2.24, 2.45) is 5.92 Å². The Morgan fingerprint density at radius 2 is 1.48 bits per heavy atom. The van der Waals surface area contributed by atoms with Crippen molar-refractivity contribution in [2.75, 3.05) is 0 Å². The minimum atomic E-state index is -4.52. The van der Waals surface area contributed by atoms with E-state index in [0.29, 0.717) is 33.1 Å². The van der Waals surface area contributed by atoms with E-state index in [2.05, 4.69) is 9.97 Å². The van der Waals surface area contributed by atoms with E-state index in [0.717, 1.165) is 12.1 Å². The third-order valence-corrected chi connectivity index (χ3v) is 8.03. The average molecular weight is 675 g/mol. The lowest BCUT2D eigenvalue weighted by molar-refractivity contribution is -0.145. The van der Waals surface area contributed by atoms with E-state index >= 15 is 0 Å². The number of rotatable bonds is 9. The normalized spacial score (nSPS) is 17.2. The van der Waals surface area contributed by atoms with Crippen LogP contribution in [0.1, 0.15) is 36.8 Å². The van der Waals surface area contributed by atoms with Crippen LogP contribution in [0, 0.1) is 5.92 Å². The molecule has 1 aliphatic rings. The van der Waals surface area contributed by atoms with Crippen molar-refractivity contribution >= 4 is 40.0 Å². The van der Waals surface area contributed by atoms with Crippen molar-refractivity contribution in [3.05, 3.63) is 113 Å². The van der Waals surface area contributed by atoms with Gasteiger partial charge in [0.2, 0.25) is 5.88 Å². The number of ether oxygens (including phenoxy) is 3. The van der Waals surface area contributed by atoms with E-state index in [1.165, 1.54) is 25.3 Å². The molecular weight excluding hydrogens is 649 g/mol. The summed E-state index contributed by atoms with van der Waals surface area (Å²) in [7, 11) is 0. The van der Waals surface area contributed by atoms with Crippen molar-refractivity contribution in [1.29, 1.82) is 0 Å². The number of carbonyl (C=O) groups excluding carboxylic acids is 3. The predicted molar refractivity (Wildman–Crippen MR) is 170 cm³/mol. The molecule has 1 heterocycles. The van der Waals surface area contributed by atoms with Gasteiger partial charge in [-0.3, -0.25) is 14.4 Å². The van der Waals surface area contributed by atoms with E-state index in [9.17, 15) is 27.6 Å². The second kappa shape index (κ2) is 13.4. The van der Waals surface area contributed by atoms with Gasteiger partial charge in [-0.05, 0) is 91.2 Å². The van der Waals surface area contributed by atoms with Gasteiger partial charge in [0.1, 0.15) is 28.9 Å². The maximum Gasteiger partial charge on any atom is 0.416 e. The van der Waals surface area contributed by atoms with Gasteiger partial charge in [0, 0.05) is 17.9 Å². The zero-order valence-electron chi connectivity index (χ0n) is 25.2. The van der Waals surface area contributed by atoms with E-state index in [-0.39, 0.29) is 30.2 Å². The zero-order valence-corrected chi connectivity index (χ0v) is 26.0. The second-order valence-electron chi connectivity index (χ2n) is 11.2. The van der Waals surface area contributed by atoms with Crippen molar-refractivity contribution in [1.82, 2.24) is 9.97 Å². The molecule has 5 aromatic rings. The van der Waals surface area contributed by atoms with Crippen LogP contribution in [0.5, 0.6) is 28.9 Å². The predicted octanol–water partition coefficient (Wildman–Crippen LogP) is 8.56. The van der Waals surface area contributed by atoms with Crippen molar-refractivity contribution in [3.63, 3.8) is 0 Å². The van der Waals surface area contributed by atoms with Crippen LogP contribution in [0.2, 0.25) is 5.02 Å². The van der Waals surface area contributed by atoms with Gasteiger partial charge in [0.05, 0.1) is 22.8 Å². The first kappa shape index (κ1) is 32.6. The highest BCUT2D eigenvalue weighted by Crippen LogP contribution is 2.37. The first-order chi connectivity index (χ1) is 22.9. The van der Waals surface area contributed by atoms with Crippen LogP contribution in [0.3, 0.4) is 0 Å². The smallest absolute Gasteiger partial charge is 0.416 e. The van der Waals surface area contributed by atoms with Gasteiger partial charge in [-0.25, -0.2) is 9.97 Å². The lowest BCUT2D eigenvalue weighted by Gasteiger charge is -2.27.